The Kier molecular flexibility index (Phi) is 3.57. The lowest BCUT2D eigenvalue weighted by Gasteiger charge is -2.31. The molecular weight excluding hydrogens is 316 g/mol. The minimum Gasteiger partial charge on any atom is -0.300 e. The summed E-state index contributed by atoms with van der Waals surface area (Å²) in [5.74, 6) is 0.290. The van der Waals surface area contributed by atoms with Gasteiger partial charge in [0, 0.05) is 36.8 Å². The highest BCUT2D eigenvalue weighted by molar-refractivity contribution is 7.86. The van der Waals surface area contributed by atoms with E-state index >= 15 is 0 Å². The van der Waals surface area contributed by atoms with Crippen molar-refractivity contribution in [1.29, 1.82) is 0 Å². The van der Waals surface area contributed by atoms with E-state index in [1.165, 1.54) is 0 Å². The van der Waals surface area contributed by atoms with E-state index in [9.17, 15) is 13.2 Å². The predicted molar refractivity (Wildman–Crippen MR) is 85.5 cm³/mol. The second kappa shape index (κ2) is 5.28. The Morgan fingerprint density at radius 3 is 2.48 bits per heavy atom. The zero-order chi connectivity index (χ0) is 16.2. The Balaban J connectivity index is 1.42. The van der Waals surface area contributed by atoms with Crippen LogP contribution in [0.4, 0.5) is 0 Å². The van der Waals surface area contributed by atoms with Crippen LogP contribution >= 0.6 is 0 Å². The fourth-order valence-electron chi connectivity index (χ4n) is 5.11. The normalized spacial score (nSPS) is 40.0. The average molecular weight is 340 g/mol. The molecule has 7 heteroatoms. The molecule has 2 aliphatic heterocycles. The maximum absolute atomic E-state index is 12.3. The first kappa shape index (κ1) is 15.6. The van der Waals surface area contributed by atoms with Crippen molar-refractivity contribution >= 4 is 21.6 Å². The Morgan fingerprint density at radius 2 is 1.91 bits per heavy atom. The molecule has 0 amide bonds. The van der Waals surface area contributed by atoms with Gasteiger partial charge in [-0.25, -0.2) is 0 Å². The predicted octanol–water partition coefficient (Wildman–Crippen LogP) is 1.70. The van der Waals surface area contributed by atoms with Gasteiger partial charge in [0.1, 0.15) is 11.5 Å². The molecule has 0 unspecified atom stereocenters. The van der Waals surface area contributed by atoms with Gasteiger partial charge in [0.2, 0.25) is 0 Å². The van der Waals surface area contributed by atoms with E-state index in [-0.39, 0.29) is 11.5 Å². The van der Waals surface area contributed by atoms with Crippen molar-refractivity contribution < 1.29 is 17.5 Å². The monoisotopic (exact) mass is 340 g/mol. The molecule has 4 aliphatic rings. The summed E-state index contributed by atoms with van der Waals surface area (Å²) in [5.41, 5.74) is 0.161. The molecule has 0 aromatic carbocycles. The quantitative estimate of drug-likeness (QED) is 0.728. The minimum atomic E-state index is -3.79. The van der Waals surface area contributed by atoms with Gasteiger partial charge in [-0.1, -0.05) is 5.16 Å². The van der Waals surface area contributed by atoms with Gasteiger partial charge in [0.15, 0.2) is 0 Å². The largest absolute Gasteiger partial charge is 0.329 e. The van der Waals surface area contributed by atoms with E-state index in [0.29, 0.717) is 37.3 Å². The standard InChI is InChI=1S/C16H24N2O4S/c1-18-13-2-3-14(18)8-12(7-13)17-22-23(20,21)10-16-5-4-11(9-16)6-15(16)19/h11,13-14H,2-10H2,1H3/t11-,13+,14+,16-/m1/s1. The molecule has 0 radical (unpaired) electrons. The molecule has 4 rings (SSSR count). The molecular formula is C16H24N2O4S. The second-order valence-electron chi connectivity index (χ2n) is 7.91. The smallest absolute Gasteiger partial charge is 0.300 e. The zero-order valence-electron chi connectivity index (χ0n) is 13.5. The summed E-state index contributed by atoms with van der Waals surface area (Å²) in [6, 6.07) is 0.925. The van der Waals surface area contributed by atoms with Crippen molar-refractivity contribution in [3.63, 3.8) is 0 Å². The first-order valence-electron chi connectivity index (χ1n) is 8.59. The van der Waals surface area contributed by atoms with E-state index in [4.69, 9.17) is 4.28 Å². The number of oxime groups is 1. The van der Waals surface area contributed by atoms with Crippen LogP contribution < -0.4 is 0 Å². The molecule has 4 atom stereocenters. The van der Waals surface area contributed by atoms with Crippen LogP contribution in [-0.4, -0.2) is 49.7 Å². The van der Waals surface area contributed by atoms with Crippen LogP contribution in [0, 0.1) is 11.3 Å². The van der Waals surface area contributed by atoms with Gasteiger partial charge in [0.05, 0.1) is 5.71 Å². The molecule has 0 N–H and O–H groups in total. The van der Waals surface area contributed by atoms with E-state index in [1.54, 1.807) is 0 Å². The number of hydrogen-bond donors (Lipinski definition) is 0. The molecule has 128 valence electrons. The Morgan fingerprint density at radius 1 is 1.22 bits per heavy atom. The fraction of sp³-hybridized carbons (Fsp3) is 0.875. The van der Waals surface area contributed by atoms with Gasteiger partial charge in [-0.3, -0.25) is 14.0 Å². The van der Waals surface area contributed by atoms with E-state index in [1.807, 2.05) is 0 Å². The van der Waals surface area contributed by atoms with Crippen LogP contribution in [0.5, 0.6) is 0 Å². The molecule has 2 saturated heterocycles. The number of nitrogens with zero attached hydrogens (tertiary/aromatic N) is 2. The molecule has 6 nitrogen and oxygen atoms in total. The number of rotatable bonds is 4. The lowest BCUT2D eigenvalue weighted by molar-refractivity contribution is -0.125. The van der Waals surface area contributed by atoms with Crippen LogP contribution in [-0.2, 0) is 19.2 Å². The molecule has 2 aliphatic carbocycles. The molecule has 4 fully saturated rings. The summed E-state index contributed by atoms with van der Waals surface area (Å²) >= 11 is 0. The van der Waals surface area contributed by atoms with Crippen molar-refractivity contribution in [2.24, 2.45) is 16.5 Å². The van der Waals surface area contributed by atoms with Gasteiger partial charge in [-0.2, -0.15) is 8.42 Å². The highest BCUT2D eigenvalue weighted by atomic mass is 32.2. The summed E-state index contributed by atoms with van der Waals surface area (Å²) in [6.07, 6.45) is 6.76. The first-order chi connectivity index (χ1) is 10.9. The van der Waals surface area contributed by atoms with Gasteiger partial charge < -0.3 is 0 Å². The lowest BCUT2D eigenvalue weighted by Crippen LogP contribution is -2.40. The number of hydrogen-bond acceptors (Lipinski definition) is 6. The summed E-state index contributed by atoms with van der Waals surface area (Å²) < 4.78 is 29.6. The third-order valence-electron chi connectivity index (χ3n) is 6.44. The van der Waals surface area contributed by atoms with E-state index in [2.05, 4.69) is 17.1 Å². The molecule has 23 heavy (non-hydrogen) atoms. The molecule has 4 bridgehead atoms. The molecule has 2 heterocycles. The van der Waals surface area contributed by atoms with Crippen LogP contribution in [0.25, 0.3) is 0 Å². The lowest BCUT2D eigenvalue weighted by atomic mass is 9.85. The van der Waals surface area contributed by atoms with Crippen molar-refractivity contribution in [2.75, 3.05) is 12.8 Å². The van der Waals surface area contributed by atoms with E-state index < -0.39 is 15.5 Å². The SMILES string of the molecule is CN1[C@H]2CC[C@H]1CC(=NOS(=O)(=O)C[C@]13CC[C@H](CC1=O)C3)C2. The summed E-state index contributed by atoms with van der Waals surface area (Å²) in [6.45, 7) is 0. The molecule has 0 aromatic heterocycles. The fourth-order valence-corrected chi connectivity index (χ4v) is 6.48. The van der Waals surface area contributed by atoms with Crippen molar-refractivity contribution in [1.82, 2.24) is 4.90 Å². The van der Waals surface area contributed by atoms with Gasteiger partial charge in [-0.15, -0.1) is 0 Å². The third kappa shape index (κ3) is 2.71. The minimum absolute atomic E-state index is 0.103. The van der Waals surface area contributed by atoms with Gasteiger partial charge in [-0.05, 0) is 45.1 Å². The maximum atomic E-state index is 12.3. The topological polar surface area (TPSA) is 76.0 Å². The maximum Gasteiger partial charge on any atom is 0.329 e. The molecule has 2 saturated carbocycles. The van der Waals surface area contributed by atoms with Crippen molar-refractivity contribution in [3.8, 4) is 0 Å². The summed E-state index contributed by atoms with van der Waals surface area (Å²) in [5, 5.41) is 3.97. The first-order valence-corrected chi connectivity index (χ1v) is 10.2. The molecule has 0 aromatic rings. The number of Topliss-reactive ketones (excluding diaryl/α,β-unsaturated/α-hetero) is 1. The van der Waals surface area contributed by atoms with Crippen LogP contribution in [0.3, 0.4) is 0 Å². The molecule has 0 spiro atoms. The number of ketones is 1. The summed E-state index contributed by atoms with van der Waals surface area (Å²) in [7, 11) is -1.67. The van der Waals surface area contributed by atoms with Crippen LogP contribution in [0.15, 0.2) is 5.16 Å². The Bertz CT molecular complexity index is 643. The van der Waals surface area contributed by atoms with Crippen molar-refractivity contribution in [2.45, 2.75) is 63.5 Å². The van der Waals surface area contributed by atoms with Crippen LogP contribution in [0.1, 0.15) is 51.4 Å². The van der Waals surface area contributed by atoms with E-state index in [0.717, 1.165) is 37.8 Å². The Hall–Kier alpha value is -0.950. The second-order valence-corrected chi connectivity index (χ2v) is 9.46. The van der Waals surface area contributed by atoms with Crippen LogP contribution in [0.2, 0.25) is 0 Å². The van der Waals surface area contributed by atoms with Crippen molar-refractivity contribution in [3.05, 3.63) is 0 Å². The number of carbonyl (C=O) groups excluding carboxylic acids is 1. The number of carbonyl (C=O) groups is 1. The number of fused-ring (bicyclic) bond motifs is 4. The zero-order valence-corrected chi connectivity index (χ0v) is 14.3. The highest BCUT2D eigenvalue weighted by Crippen LogP contribution is 2.52. The van der Waals surface area contributed by atoms with Gasteiger partial charge >= 0.3 is 10.1 Å². The Labute approximate surface area is 137 Å². The number of piperidine rings is 1. The average Bonchev–Trinajstić information content (AvgIpc) is 3.05. The highest BCUT2D eigenvalue weighted by Gasteiger charge is 2.54. The van der Waals surface area contributed by atoms with Gasteiger partial charge in [0.25, 0.3) is 0 Å². The third-order valence-corrected chi connectivity index (χ3v) is 7.64. The summed E-state index contributed by atoms with van der Waals surface area (Å²) in [4.78, 5) is 14.5.